The smallest absolute Gasteiger partial charge is 0.270 e. The van der Waals surface area contributed by atoms with Crippen LogP contribution in [0.3, 0.4) is 0 Å². The fraction of sp³-hybridized carbons (Fsp3) is 0.565. The van der Waals surface area contributed by atoms with Crippen LogP contribution in [-0.4, -0.2) is 51.0 Å². The summed E-state index contributed by atoms with van der Waals surface area (Å²) in [6.45, 7) is 7.02. The Morgan fingerprint density at radius 1 is 1.19 bits per heavy atom. The minimum Gasteiger partial charge on any atom is -0.372 e. The summed E-state index contributed by atoms with van der Waals surface area (Å²) in [6, 6.07) is 2.23. The van der Waals surface area contributed by atoms with Gasteiger partial charge in [-0.2, -0.15) is 5.26 Å². The lowest BCUT2D eigenvalue weighted by Crippen LogP contribution is -2.47. The Morgan fingerprint density at radius 3 is 2.41 bits per heavy atom. The molecule has 0 aromatic carbocycles. The van der Waals surface area contributed by atoms with Crippen LogP contribution in [0, 0.1) is 18.3 Å². The second kappa shape index (κ2) is 9.00. The standard InChI is InChI=1S/C23H28N4O3S2/c1-13-11-26(12-14(2)30-13)20-17(15(3)18(10-24)21(28)25(20)4)9-19-22(29)27(23(31)32-19)16-7-5-6-8-16/h9,13-14,16H,5-8,11-12H2,1-4H3. The van der Waals surface area contributed by atoms with Gasteiger partial charge in [-0.1, -0.05) is 36.8 Å². The fourth-order valence-corrected chi connectivity index (χ4v) is 6.42. The molecule has 0 bridgehead atoms. The Kier molecular flexibility index (Phi) is 6.48. The molecule has 3 fully saturated rings. The van der Waals surface area contributed by atoms with E-state index in [4.69, 9.17) is 17.0 Å². The number of carbonyl (C=O) groups excluding carboxylic acids is 1. The van der Waals surface area contributed by atoms with Gasteiger partial charge in [0.05, 0.1) is 17.1 Å². The van der Waals surface area contributed by atoms with Crippen molar-refractivity contribution in [2.24, 2.45) is 7.05 Å². The maximum atomic E-state index is 13.3. The van der Waals surface area contributed by atoms with Crippen LogP contribution in [0.25, 0.3) is 6.08 Å². The number of nitrogens with zero attached hydrogens (tertiary/aromatic N) is 4. The Morgan fingerprint density at radius 2 is 1.81 bits per heavy atom. The first-order valence-electron chi connectivity index (χ1n) is 11.0. The van der Waals surface area contributed by atoms with Crippen molar-refractivity contribution in [2.75, 3.05) is 18.0 Å². The van der Waals surface area contributed by atoms with Crippen LogP contribution in [-0.2, 0) is 16.6 Å². The van der Waals surface area contributed by atoms with Gasteiger partial charge in [0.15, 0.2) is 0 Å². The van der Waals surface area contributed by atoms with E-state index < -0.39 is 0 Å². The van der Waals surface area contributed by atoms with Crippen LogP contribution in [0.15, 0.2) is 9.70 Å². The molecule has 2 atom stereocenters. The molecule has 7 nitrogen and oxygen atoms in total. The van der Waals surface area contributed by atoms with E-state index in [9.17, 15) is 14.9 Å². The van der Waals surface area contributed by atoms with Crippen molar-refractivity contribution in [3.63, 3.8) is 0 Å². The summed E-state index contributed by atoms with van der Waals surface area (Å²) in [5, 5.41) is 9.66. The van der Waals surface area contributed by atoms with Crippen molar-refractivity contribution in [3.8, 4) is 6.07 Å². The van der Waals surface area contributed by atoms with Crippen LogP contribution in [0.5, 0.6) is 0 Å². The van der Waals surface area contributed by atoms with Gasteiger partial charge in [-0.15, -0.1) is 0 Å². The monoisotopic (exact) mass is 472 g/mol. The second-order valence-electron chi connectivity index (χ2n) is 8.87. The molecule has 0 radical (unpaired) electrons. The van der Waals surface area contributed by atoms with E-state index in [1.165, 1.54) is 16.3 Å². The van der Waals surface area contributed by atoms with E-state index in [1.807, 2.05) is 19.9 Å². The zero-order chi connectivity index (χ0) is 23.2. The number of pyridine rings is 1. The molecule has 2 aliphatic heterocycles. The second-order valence-corrected chi connectivity index (χ2v) is 10.5. The van der Waals surface area contributed by atoms with Gasteiger partial charge in [0, 0.05) is 31.7 Å². The topological polar surface area (TPSA) is 78.6 Å². The third kappa shape index (κ3) is 4.00. The minimum absolute atomic E-state index is 0.00164. The summed E-state index contributed by atoms with van der Waals surface area (Å²) in [5.74, 6) is 0.632. The first-order valence-corrected chi connectivity index (χ1v) is 12.3. The lowest BCUT2D eigenvalue weighted by molar-refractivity contribution is -0.123. The van der Waals surface area contributed by atoms with Gasteiger partial charge < -0.3 is 9.64 Å². The van der Waals surface area contributed by atoms with Gasteiger partial charge in [-0.05, 0) is 45.3 Å². The number of carbonyl (C=O) groups is 1. The van der Waals surface area contributed by atoms with Crippen LogP contribution in [0.1, 0.15) is 56.2 Å². The molecule has 1 aromatic heterocycles. The Hall–Kier alpha value is -2.15. The van der Waals surface area contributed by atoms with Crippen LogP contribution >= 0.6 is 24.0 Å². The SMILES string of the molecule is Cc1c(C=C2SC(=S)N(C3CCCC3)C2=O)c(N2CC(C)OC(C)C2)n(C)c(=O)c1C#N. The number of morpholine rings is 1. The van der Waals surface area contributed by atoms with Crippen molar-refractivity contribution < 1.29 is 9.53 Å². The average molecular weight is 473 g/mol. The molecule has 4 rings (SSSR count). The number of amides is 1. The molecule has 2 saturated heterocycles. The highest BCUT2D eigenvalue weighted by Crippen LogP contribution is 2.39. The highest BCUT2D eigenvalue weighted by Gasteiger charge is 2.38. The van der Waals surface area contributed by atoms with Crippen molar-refractivity contribution in [1.29, 1.82) is 5.26 Å². The largest absolute Gasteiger partial charge is 0.372 e. The van der Waals surface area contributed by atoms with Gasteiger partial charge in [0.1, 0.15) is 21.8 Å². The van der Waals surface area contributed by atoms with Gasteiger partial charge in [-0.3, -0.25) is 19.1 Å². The highest BCUT2D eigenvalue weighted by atomic mass is 32.2. The van der Waals surface area contributed by atoms with E-state index in [0.717, 1.165) is 31.2 Å². The zero-order valence-electron chi connectivity index (χ0n) is 18.9. The summed E-state index contributed by atoms with van der Waals surface area (Å²) >= 11 is 6.86. The maximum absolute atomic E-state index is 13.3. The normalized spacial score (nSPS) is 25.8. The van der Waals surface area contributed by atoms with Crippen LogP contribution in [0.4, 0.5) is 5.82 Å². The maximum Gasteiger partial charge on any atom is 0.270 e. The number of anilines is 1. The number of rotatable bonds is 3. The lowest BCUT2D eigenvalue weighted by atomic mass is 10.0. The number of nitriles is 1. The zero-order valence-corrected chi connectivity index (χ0v) is 20.5. The lowest BCUT2D eigenvalue weighted by Gasteiger charge is -2.38. The molecule has 170 valence electrons. The molecule has 1 saturated carbocycles. The number of aromatic nitrogens is 1. The Labute approximate surface area is 198 Å². The third-order valence-corrected chi connectivity index (χ3v) is 7.81. The summed E-state index contributed by atoms with van der Waals surface area (Å²) in [6.07, 6.45) is 6.01. The van der Waals surface area contributed by atoms with Gasteiger partial charge in [-0.25, -0.2) is 0 Å². The van der Waals surface area contributed by atoms with E-state index in [-0.39, 0.29) is 35.3 Å². The fourth-order valence-electron chi connectivity index (χ4n) is 5.03. The van der Waals surface area contributed by atoms with E-state index in [1.54, 1.807) is 18.9 Å². The van der Waals surface area contributed by atoms with E-state index in [2.05, 4.69) is 11.0 Å². The van der Waals surface area contributed by atoms with E-state index >= 15 is 0 Å². The van der Waals surface area contributed by atoms with Gasteiger partial charge in [0.2, 0.25) is 0 Å². The molecule has 3 heterocycles. The van der Waals surface area contributed by atoms with Crippen molar-refractivity contribution >= 4 is 46.1 Å². The summed E-state index contributed by atoms with van der Waals surface area (Å²) in [7, 11) is 1.68. The molecule has 9 heteroatoms. The van der Waals surface area contributed by atoms with Crippen LogP contribution < -0.4 is 10.5 Å². The molecular weight excluding hydrogens is 444 g/mol. The summed E-state index contributed by atoms with van der Waals surface area (Å²) in [5.41, 5.74) is 1.07. The summed E-state index contributed by atoms with van der Waals surface area (Å²) < 4.78 is 8.00. The number of thioether (sulfide) groups is 1. The molecule has 0 spiro atoms. The molecule has 1 aliphatic carbocycles. The first-order chi connectivity index (χ1) is 15.2. The summed E-state index contributed by atoms with van der Waals surface area (Å²) in [4.78, 5) is 30.7. The average Bonchev–Trinajstić information content (AvgIpc) is 3.34. The molecular formula is C23H28N4O3S2. The Bertz CT molecular complexity index is 1090. The number of hydrogen-bond donors (Lipinski definition) is 0. The third-order valence-electron chi connectivity index (χ3n) is 6.48. The quantitative estimate of drug-likeness (QED) is 0.493. The minimum atomic E-state index is -0.331. The molecule has 1 aromatic rings. The van der Waals surface area contributed by atoms with Crippen molar-refractivity contribution in [1.82, 2.24) is 9.47 Å². The van der Waals surface area contributed by atoms with Crippen LogP contribution in [0.2, 0.25) is 0 Å². The predicted octanol–water partition coefficient (Wildman–Crippen LogP) is 3.32. The molecule has 0 N–H and O–H groups in total. The number of thiocarbonyl (C=S) groups is 1. The highest BCUT2D eigenvalue weighted by molar-refractivity contribution is 8.26. The number of ether oxygens (including phenoxy) is 1. The number of hydrogen-bond acceptors (Lipinski definition) is 7. The van der Waals surface area contributed by atoms with Crippen molar-refractivity contribution in [3.05, 3.63) is 31.9 Å². The Balaban J connectivity index is 1.84. The van der Waals surface area contributed by atoms with Crippen molar-refractivity contribution in [2.45, 2.75) is 64.7 Å². The molecule has 3 aliphatic rings. The van der Waals surface area contributed by atoms with E-state index in [0.29, 0.717) is 33.7 Å². The molecule has 32 heavy (non-hydrogen) atoms. The van der Waals surface area contributed by atoms with Gasteiger partial charge >= 0.3 is 0 Å². The molecule has 2 unspecified atom stereocenters. The molecule has 1 amide bonds. The van der Waals surface area contributed by atoms with Gasteiger partial charge in [0.25, 0.3) is 11.5 Å². The predicted molar refractivity (Wildman–Crippen MR) is 131 cm³/mol. The first kappa shape index (κ1) is 23.0.